The topological polar surface area (TPSA) is 68.3 Å². The molecular formula is C20H22N4O2. The van der Waals surface area contributed by atoms with Crippen LogP contribution in [0.1, 0.15) is 12.7 Å². The van der Waals surface area contributed by atoms with Crippen LogP contribution in [0, 0.1) is 6.92 Å². The molecule has 134 valence electrons. The predicted octanol–water partition coefficient (Wildman–Crippen LogP) is 4.68. The number of ether oxygens (including phenoxy) is 2. The lowest BCUT2D eigenvalue weighted by Crippen LogP contribution is -2.01. The largest absolute Gasteiger partial charge is 0.497 e. The van der Waals surface area contributed by atoms with Crippen molar-refractivity contribution in [1.29, 1.82) is 0 Å². The van der Waals surface area contributed by atoms with Crippen molar-refractivity contribution in [3.8, 4) is 11.5 Å². The Hall–Kier alpha value is -3.28. The standard InChI is InChI=1S/C20H22N4O2/c1-4-26-17-10-8-15(9-11-17)23-19-13-20(22-14(2)21-19)24-16-6-5-7-18(12-16)25-3/h5-13H,4H2,1-3H3,(H2,21,22,23,24). The van der Waals surface area contributed by atoms with Crippen LogP contribution in [0.4, 0.5) is 23.0 Å². The SMILES string of the molecule is CCOc1ccc(Nc2cc(Nc3cccc(OC)c3)nc(C)n2)cc1. The molecule has 3 rings (SSSR count). The Labute approximate surface area is 153 Å². The third kappa shape index (κ3) is 4.63. The zero-order chi connectivity index (χ0) is 18.4. The Morgan fingerprint density at radius 1 is 0.846 bits per heavy atom. The van der Waals surface area contributed by atoms with Crippen LogP contribution >= 0.6 is 0 Å². The quantitative estimate of drug-likeness (QED) is 0.645. The molecule has 26 heavy (non-hydrogen) atoms. The molecule has 0 spiro atoms. The van der Waals surface area contributed by atoms with Gasteiger partial charge in [0.15, 0.2) is 0 Å². The molecule has 6 heteroatoms. The Kier molecular flexibility index (Phi) is 5.53. The summed E-state index contributed by atoms with van der Waals surface area (Å²) < 4.78 is 10.7. The van der Waals surface area contributed by atoms with E-state index in [0.29, 0.717) is 24.1 Å². The monoisotopic (exact) mass is 350 g/mol. The van der Waals surface area contributed by atoms with Gasteiger partial charge in [-0.2, -0.15) is 0 Å². The van der Waals surface area contributed by atoms with E-state index in [4.69, 9.17) is 9.47 Å². The smallest absolute Gasteiger partial charge is 0.136 e. The molecule has 0 unspecified atom stereocenters. The van der Waals surface area contributed by atoms with E-state index in [0.717, 1.165) is 22.9 Å². The van der Waals surface area contributed by atoms with Crippen LogP contribution in [0.2, 0.25) is 0 Å². The lowest BCUT2D eigenvalue weighted by molar-refractivity contribution is 0.340. The van der Waals surface area contributed by atoms with Crippen LogP contribution < -0.4 is 20.1 Å². The van der Waals surface area contributed by atoms with Crippen LogP contribution in [-0.2, 0) is 0 Å². The number of hydrogen-bond acceptors (Lipinski definition) is 6. The fraction of sp³-hybridized carbons (Fsp3) is 0.200. The fourth-order valence-corrected chi connectivity index (χ4v) is 2.49. The minimum atomic E-state index is 0.650. The van der Waals surface area contributed by atoms with Gasteiger partial charge in [-0.05, 0) is 50.2 Å². The molecule has 0 radical (unpaired) electrons. The Morgan fingerprint density at radius 3 is 2.19 bits per heavy atom. The molecule has 3 aromatic rings. The van der Waals surface area contributed by atoms with Crippen LogP contribution in [0.5, 0.6) is 11.5 Å². The van der Waals surface area contributed by atoms with Crippen molar-refractivity contribution in [1.82, 2.24) is 9.97 Å². The van der Waals surface area contributed by atoms with Gasteiger partial charge in [0.05, 0.1) is 13.7 Å². The summed E-state index contributed by atoms with van der Waals surface area (Å²) in [5.74, 6) is 3.73. The molecule has 0 aliphatic carbocycles. The molecule has 1 heterocycles. The normalized spacial score (nSPS) is 10.3. The second-order valence-corrected chi connectivity index (χ2v) is 5.62. The van der Waals surface area contributed by atoms with E-state index < -0.39 is 0 Å². The highest BCUT2D eigenvalue weighted by atomic mass is 16.5. The van der Waals surface area contributed by atoms with Gasteiger partial charge in [-0.25, -0.2) is 9.97 Å². The molecule has 0 atom stereocenters. The third-order valence-electron chi connectivity index (χ3n) is 3.62. The summed E-state index contributed by atoms with van der Waals surface area (Å²) in [5, 5.41) is 6.57. The molecule has 0 saturated heterocycles. The van der Waals surface area contributed by atoms with Crippen LogP contribution in [0.25, 0.3) is 0 Å². The average molecular weight is 350 g/mol. The first-order valence-corrected chi connectivity index (χ1v) is 8.43. The van der Waals surface area contributed by atoms with E-state index in [-0.39, 0.29) is 0 Å². The summed E-state index contributed by atoms with van der Waals surface area (Å²) in [7, 11) is 1.65. The van der Waals surface area contributed by atoms with E-state index in [1.54, 1.807) is 7.11 Å². The molecule has 0 fully saturated rings. The summed E-state index contributed by atoms with van der Waals surface area (Å²) >= 11 is 0. The third-order valence-corrected chi connectivity index (χ3v) is 3.62. The van der Waals surface area contributed by atoms with E-state index >= 15 is 0 Å². The number of nitrogens with one attached hydrogen (secondary N) is 2. The first kappa shape index (κ1) is 17.5. The molecule has 0 bridgehead atoms. The molecule has 0 aliphatic heterocycles. The van der Waals surface area contributed by atoms with Crippen LogP contribution in [0.3, 0.4) is 0 Å². The number of rotatable bonds is 7. The van der Waals surface area contributed by atoms with Gasteiger partial charge in [0.1, 0.15) is 29.0 Å². The van der Waals surface area contributed by atoms with E-state index in [1.807, 2.05) is 68.4 Å². The summed E-state index contributed by atoms with van der Waals surface area (Å²) in [6.45, 7) is 4.48. The second kappa shape index (κ2) is 8.20. The lowest BCUT2D eigenvalue weighted by Gasteiger charge is -2.11. The average Bonchev–Trinajstić information content (AvgIpc) is 2.63. The molecule has 2 N–H and O–H groups in total. The highest BCUT2D eigenvalue weighted by Gasteiger charge is 2.04. The van der Waals surface area contributed by atoms with Crippen molar-refractivity contribution in [3.05, 3.63) is 60.4 Å². The zero-order valence-corrected chi connectivity index (χ0v) is 15.1. The first-order chi connectivity index (χ1) is 12.7. The van der Waals surface area contributed by atoms with Gasteiger partial charge in [0.25, 0.3) is 0 Å². The molecular weight excluding hydrogens is 328 g/mol. The minimum absolute atomic E-state index is 0.650. The van der Waals surface area contributed by atoms with Gasteiger partial charge in [-0.1, -0.05) is 6.07 Å². The van der Waals surface area contributed by atoms with E-state index in [2.05, 4.69) is 20.6 Å². The van der Waals surface area contributed by atoms with Gasteiger partial charge in [-0.15, -0.1) is 0 Å². The van der Waals surface area contributed by atoms with Crippen molar-refractivity contribution >= 4 is 23.0 Å². The summed E-state index contributed by atoms with van der Waals surface area (Å²) in [6, 6.07) is 17.3. The second-order valence-electron chi connectivity index (χ2n) is 5.62. The van der Waals surface area contributed by atoms with Gasteiger partial charge in [0.2, 0.25) is 0 Å². The number of benzene rings is 2. The Morgan fingerprint density at radius 2 is 1.54 bits per heavy atom. The van der Waals surface area contributed by atoms with Gasteiger partial charge in [-0.3, -0.25) is 0 Å². The van der Waals surface area contributed by atoms with Crippen molar-refractivity contribution in [2.24, 2.45) is 0 Å². The highest BCUT2D eigenvalue weighted by molar-refractivity contribution is 5.64. The fourth-order valence-electron chi connectivity index (χ4n) is 2.49. The molecule has 2 aromatic carbocycles. The number of aromatic nitrogens is 2. The highest BCUT2D eigenvalue weighted by Crippen LogP contribution is 2.24. The number of hydrogen-bond donors (Lipinski definition) is 2. The van der Waals surface area contributed by atoms with Gasteiger partial charge in [0, 0.05) is 23.5 Å². The van der Waals surface area contributed by atoms with Crippen molar-refractivity contribution in [2.45, 2.75) is 13.8 Å². The molecule has 6 nitrogen and oxygen atoms in total. The maximum absolute atomic E-state index is 5.46. The summed E-state index contributed by atoms with van der Waals surface area (Å²) in [5.41, 5.74) is 1.83. The summed E-state index contributed by atoms with van der Waals surface area (Å²) in [4.78, 5) is 8.89. The summed E-state index contributed by atoms with van der Waals surface area (Å²) in [6.07, 6.45) is 0. The molecule has 0 saturated carbocycles. The zero-order valence-electron chi connectivity index (χ0n) is 15.1. The lowest BCUT2D eigenvalue weighted by atomic mass is 10.3. The predicted molar refractivity (Wildman–Crippen MR) is 104 cm³/mol. The molecule has 0 aliphatic rings. The maximum atomic E-state index is 5.46. The number of anilines is 4. The van der Waals surface area contributed by atoms with E-state index in [9.17, 15) is 0 Å². The molecule has 1 aromatic heterocycles. The Balaban J connectivity index is 1.76. The van der Waals surface area contributed by atoms with Crippen molar-refractivity contribution < 1.29 is 9.47 Å². The minimum Gasteiger partial charge on any atom is -0.497 e. The van der Waals surface area contributed by atoms with Crippen molar-refractivity contribution in [2.75, 3.05) is 24.4 Å². The van der Waals surface area contributed by atoms with Crippen molar-refractivity contribution in [3.63, 3.8) is 0 Å². The Bertz CT molecular complexity index is 866. The number of methoxy groups -OCH3 is 1. The van der Waals surface area contributed by atoms with Gasteiger partial charge < -0.3 is 20.1 Å². The number of nitrogens with zero attached hydrogens (tertiary/aromatic N) is 2. The first-order valence-electron chi connectivity index (χ1n) is 8.43. The van der Waals surface area contributed by atoms with Gasteiger partial charge >= 0.3 is 0 Å². The molecule has 0 amide bonds. The van der Waals surface area contributed by atoms with Crippen LogP contribution in [-0.4, -0.2) is 23.7 Å². The van der Waals surface area contributed by atoms with E-state index in [1.165, 1.54) is 0 Å². The van der Waals surface area contributed by atoms with Crippen LogP contribution in [0.15, 0.2) is 54.6 Å². The maximum Gasteiger partial charge on any atom is 0.136 e. The number of aryl methyl sites for hydroxylation is 1.